The molecule has 0 atom stereocenters. The molecule has 0 spiro atoms. The van der Waals surface area contributed by atoms with Gasteiger partial charge < -0.3 is 4.74 Å². The van der Waals surface area contributed by atoms with Crippen LogP contribution in [-0.4, -0.2) is 11.3 Å². The van der Waals surface area contributed by atoms with E-state index < -0.39 is 0 Å². The second-order valence-electron chi connectivity index (χ2n) is 8.25. The fourth-order valence-corrected chi connectivity index (χ4v) is 4.48. The Bertz CT molecular complexity index is 696. The number of allylic oxidation sites excluding steroid dienone is 1. The van der Waals surface area contributed by atoms with Crippen LogP contribution in [0.2, 0.25) is 0 Å². The maximum absolute atomic E-state index is 12.5. The van der Waals surface area contributed by atoms with Gasteiger partial charge in [-0.15, -0.1) is 18.2 Å². The van der Waals surface area contributed by atoms with E-state index >= 15 is 0 Å². The van der Waals surface area contributed by atoms with Crippen LogP contribution in [0.25, 0.3) is 0 Å². The summed E-state index contributed by atoms with van der Waals surface area (Å²) in [5.74, 6) is 8.38. The summed E-state index contributed by atoms with van der Waals surface area (Å²) < 4.78 is 5.61. The number of esters is 1. The summed E-state index contributed by atoms with van der Waals surface area (Å²) in [5, 5.41) is 0.328. The molecule has 1 aromatic rings. The van der Waals surface area contributed by atoms with Crippen LogP contribution in [0.4, 0.5) is 0 Å². The Balaban J connectivity index is 1.45. The molecule has 3 rings (SSSR count). The molecule has 2 nitrogen and oxygen atoms in total. The maximum Gasteiger partial charge on any atom is 0.314 e. The Hall–Kier alpha value is -1.72. The van der Waals surface area contributed by atoms with Gasteiger partial charge in [-0.1, -0.05) is 17.9 Å². The first-order valence-electron chi connectivity index (χ1n) is 10.7. The number of rotatable bonds is 5. The Morgan fingerprint density at radius 3 is 2.39 bits per heavy atom. The van der Waals surface area contributed by atoms with E-state index in [0.29, 0.717) is 17.0 Å². The van der Waals surface area contributed by atoms with E-state index in [4.69, 9.17) is 16.3 Å². The van der Waals surface area contributed by atoms with Crippen LogP contribution < -0.4 is 4.74 Å². The van der Waals surface area contributed by atoms with Crippen molar-refractivity contribution in [2.45, 2.75) is 69.6 Å². The van der Waals surface area contributed by atoms with E-state index in [-0.39, 0.29) is 11.9 Å². The fourth-order valence-electron chi connectivity index (χ4n) is 4.23. The maximum atomic E-state index is 12.5. The molecule has 0 aromatic heterocycles. The highest BCUT2D eigenvalue weighted by Gasteiger charge is 2.27. The zero-order valence-corrected chi connectivity index (χ0v) is 17.4. The van der Waals surface area contributed by atoms with Gasteiger partial charge >= 0.3 is 5.97 Å². The van der Waals surface area contributed by atoms with Crippen LogP contribution in [0.1, 0.15) is 69.8 Å². The van der Waals surface area contributed by atoms with Crippen molar-refractivity contribution in [3.8, 4) is 17.6 Å². The van der Waals surface area contributed by atoms with Gasteiger partial charge in [-0.05, 0) is 94.4 Å². The molecule has 150 valence electrons. The summed E-state index contributed by atoms with van der Waals surface area (Å²) in [5.41, 5.74) is 0.968. The predicted molar refractivity (Wildman–Crippen MR) is 115 cm³/mol. The van der Waals surface area contributed by atoms with Crippen molar-refractivity contribution < 1.29 is 9.53 Å². The minimum absolute atomic E-state index is 0.0384. The smallest absolute Gasteiger partial charge is 0.314 e. The zero-order valence-electron chi connectivity index (χ0n) is 16.7. The largest absolute Gasteiger partial charge is 0.426 e. The molecule has 0 N–H and O–H groups in total. The monoisotopic (exact) mass is 398 g/mol. The molecule has 2 fully saturated rings. The molecule has 0 amide bonds. The minimum Gasteiger partial charge on any atom is -0.426 e. The first kappa shape index (κ1) is 21.0. The summed E-state index contributed by atoms with van der Waals surface area (Å²) in [6, 6.07) is 7.59. The molecule has 0 radical (unpaired) electrons. The molecule has 0 unspecified atom stereocenters. The number of carbonyl (C=O) groups is 1. The zero-order chi connectivity index (χ0) is 19.8. The summed E-state index contributed by atoms with van der Waals surface area (Å²) >= 11 is 6.15. The molecule has 3 heteroatoms. The lowest BCUT2D eigenvalue weighted by atomic mass is 9.80. The van der Waals surface area contributed by atoms with Gasteiger partial charge in [0.2, 0.25) is 0 Å². The van der Waals surface area contributed by atoms with Crippen LogP contribution in [0.15, 0.2) is 36.9 Å². The van der Waals surface area contributed by atoms with Gasteiger partial charge in [-0.2, -0.15) is 0 Å². The van der Waals surface area contributed by atoms with Crippen molar-refractivity contribution in [2.24, 2.45) is 17.8 Å². The molecular weight excluding hydrogens is 368 g/mol. The predicted octanol–water partition coefficient (Wildman–Crippen LogP) is 6.51. The Morgan fingerprint density at radius 2 is 1.75 bits per heavy atom. The molecule has 0 aliphatic heterocycles. The van der Waals surface area contributed by atoms with Crippen LogP contribution in [0, 0.1) is 29.6 Å². The van der Waals surface area contributed by atoms with Crippen molar-refractivity contribution >= 4 is 17.6 Å². The average molecular weight is 399 g/mol. The third-order valence-electron chi connectivity index (χ3n) is 6.11. The van der Waals surface area contributed by atoms with E-state index in [1.165, 1.54) is 6.42 Å². The highest BCUT2D eigenvalue weighted by molar-refractivity contribution is 6.20. The highest BCUT2D eigenvalue weighted by atomic mass is 35.5. The van der Waals surface area contributed by atoms with Gasteiger partial charge in [-0.3, -0.25) is 4.79 Å². The van der Waals surface area contributed by atoms with Gasteiger partial charge in [0.25, 0.3) is 0 Å². The number of halogens is 1. The first-order chi connectivity index (χ1) is 13.6. The van der Waals surface area contributed by atoms with Crippen LogP contribution in [-0.2, 0) is 4.79 Å². The summed E-state index contributed by atoms with van der Waals surface area (Å²) in [6.07, 6.45) is 12.7. The summed E-state index contributed by atoms with van der Waals surface area (Å²) in [7, 11) is 0. The molecule has 0 bridgehead atoms. The van der Waals surface area contributed by atoms with E-state index in [9.17, 15) is 4.79 Å². The Kier molecular flexibility index (Phi) is 8.04. The number of benzene rings is 1. The van der Waals surface area contributed by atoms with Crippen LogP contribution >= 0.6 is 11.6 Å². The normalized spacial score (nSPS) is 27.3. The number of ether oxygens (including phenoxy) is 1. The summed E-state index contributed by atoms with van der Waals surface area (Å²) in [6.45, 7) is 3.79. The van der Waals surface area contributed by atoms with Crippen molar-refractivity contribution in [3.63, 3.8) is 0 Å². The second-order valence-corrected chi connectivity index (χ2v) is 8.86. The lowest BCUT2D eigenvalue weighted by molar-refractivity contribution is -0.140. The molecule has 2 aliphatic carbocycles. The molecule has 0 saturated heterocycles. The van der Waals surface area contributed by atoms with E-state index in [1.54, 1.807) is 0 Å². The molecule has 2 saturated carbocycles. The van der Waals surface area contributed by atoms with Crippen LogP contribution in [0.5, 0.6) is 5.75 Å². The lowest BCUT2D eigenvalue weighted by Gasteiger charge is -2.26. The first-order valence-corrected chi connectivity index (χ1v) is 11.2. The Morgan fingerprint density at radius 1 is 1.07 bits per heavy atom. The second kappa shape index (κ2) is 10.7. The van der Waals surface area contributed by atoms with Gasteiger partial charge in [0, 0.05) is 16.9 Å². The molecule has 1 aromatic carbocycles. The van der Waals surface area contributed by atoms with Gasteiger partial charge in [0.05, 0.1) is 5.92 Å². The minimum atomic E-state index is -0.0844. The van der Waals surface area contributed by atoms with Crippen molar-refractivity contribution in [2.75, 3.05) is 0 Å². The van der Waals surface area contributed by atoms with E-state index in [1.807, 2.05) is 30.3 Å². The Labute approximate surface area is 174 Å². The van der Waals surface area contributed by atoms with E-state index in [0.717, 1.165) is 69.3 Å². The molecular formula is C25H31ClO2. The van der Waals surface area contributed by atoms with Gasteiger partial charge in [0.1, 0.15) is 5.75 Å². The van der Waals surface area contributed by atoms with Crippen molar-refractivity contribution in [1.29, 1.82) is 0 Å². The third kappa shape index (κ3) is 6.42. The van der Waals surface area contributed by atoms with Gasteiger partial charge in [-0.25, -0.2) is 0 Å². The quantitative estimate of drug-likeness (QED) is 0.186. The SMILES string of the molecule is C=CCCC1CCC(C(=O)Oc2ccc(C#C[C@H]3CC[C@H](Cl)CC3)cc2)CC1. The van der Waals surface area contributed by atoms with Gasteiger partial charge in [0.15, 0.2) is 0 Å². The topological polar surface area (TPSA) is 26.3 Å². The number of hydrogen-bond donors (Lipinski definition) is 0. The van der Waals surface area contributed by atoms with Crippen LogP contribution in [0.3, 0.4) is 0 Å². The fraction of sp³-hybridized carbons (Fsp3) is 0.560. The van der Waals surface area contributed by atoms with Crippen molar-refractivity contribution in [3.05, 3.63) is 42.5 Å². The molecule has 28 heavy (non-hydrogen) atoms. The third-order valence-corrected chi connectivity index (χ3v) is 6.55. The number of carbonyl (C=O) groups excluding carboxylic acids is 1. The number of alkyl halides is 1. The average Bonchev–Trinajstić information content (AvgIpc) is 2.73. The molecule has 0 heterocycles. The highest BCUT2D eigenvalue weighted by Crippen LogP contribution is 2.32. The standard InChI is InChI=1S/C25H31ClO2/c1-2-3-4-19-7-13-22(14-8-19)25(27)28-24-17-11-21(12-18-24)6-5-20-9-15-23(26)16-10-20/h2,11-12,17-20,22-23H,1,3-4,7-10,13-16H2/t19?,20-,22?,23-. The number of hydrogen-bond acceptors (Lipinski definition) is 2. The van der Waals surface area contributed by atoms with Crippen molar-refractivity contribution in [1.82, 2.24) is 0 Å². The van der Waals surface area contributed by atoms with E-state index in [2.05, 4.69) is 18.4 Å². The molecule has 2 aliphatic rings. The lowest BCUT2D eigenvalue weighted by Crippen LogP contribution is -2.25. The summed E-state index contributed by atoms with van der Waals surface area (Å²) in [4.78, 5) is 12.5.